The summed E-state index contributed by atoms with van der Waals surface area (Å²) in [5.41, 5.74) is 0.617. The summed E-state index contributed by atoms with van der Waals surface area (Å²) >= 11 is 0. The Morgan fingerprint density at radius 1 is 1.47 bits per heavy atom. The third-order valence-corrected chi connectivity index (χ3v) is 5.78. The summed E-state index contributed by atoms with van der Waals surface area (Å²) in [6, 6.07) is 11.5. The molecule has 0 aromatic heterocycles. The average Bonchev–Trinajstić information content (AvgIpc) is 2.98. The van der Waals surface area contributed by atoms with Crippen molar-refractivity contribution in [2.24, 2.45) is 5.41 Å². The minimum absolute atomic E-state index is 0.317. The predicted octanol–water partition coefficient (Wildman–Crippen LogP) is 3.04. The van der Waals surface area contributed by atoms with Gasteiger partial charge in [-0.2, -0.15) is 5.26 Å². The largest absolute Gasteiger partial charge is 0.253 e. The molecule has 0 radical (unpaired) electrons. The second-order valence-corrected chi connectivity index (χ2v) is 6.52. The summed E-state index contributed by atoms with van der Waals surface area (Å²) in [6.45, 7) is 7.80. The van der Waals surface area contributed by atoms with Crippen LogP contribution in [0.25, 0.3) is 0 Å². The van der Waals surface area contributed by atoms with Gasteiger partial charge in [0.15, 0.2) is 0 Å². The lowest BCUT2D eigenvalue weighted by molar-refractivity contribution is 0.638. The van der Waals surface area contributed by atoms with Crippen LogP contribution in [-0.4, -0.2) is 8.96 Å². The van der Waals surface area contributed by atoms with Gasteiger partial charge < -0.3 is 0 Å². The van der Waals surface area contributed by atoms with E-state index in [1.54, 1.807) is 0 Å². The Balaban J connectivity index is 2.40. The Morgan fingerprint density at radius 3 is 2.47 bits per heavy atom. The molecule has 0 spiro atoms. The van der Waals surface area contributed by atoms with E-state index in [2.05, 4.69) is 12.6 Å². The molecule has 1 unspecified atom stereocenters. The molecular weight excluding hydrogens is 230 g/mol. The highest BCUT2D eigenvalue weighted by molar-refractivity contribution is 7.87. The maximum absolute atomic E-state index is 12.5. The molecule has 1 aromatic rings. The van der Waals surface area contributed by atoms with E-state index in [0.29, 0.717) is 6.42 Å². The van der Waals surface area contributed by atoms with Crippen molar-refractivity contribution in [2.75, 3.05) is 0 Å². The Bertz CT molecular complexity index is 531. The first-order valence-electron chi connectivity index (χ1n) is 5.52. The summed E-state index contributed by atoms with van der Waals surface area (Å²) in [7, 11) is -1.29. The van der Waals surface area contributed by atoms with Gasteiger partial charge in [-0.25, -0.2) is 0 Å². The Kier molecular flexibility index (Phi) is 2.71. The second kappa shape index (κ2) is 3.82. The van der Waals surface area contributed by atoms with Gasteiger partial charge in [-0.05, 0) is 25.5 Å². The van der Waals surface area contributed by atoms with Crippen LogP contribution in [0.5, 0.6) is 0 Å². The SMILES string of the molecule is C=C(C)[C@@]1(C)C[C@@]1(C#N)S(=O)c1ccccc1. The number of rotatable bonds is 3. The van der Waals surface area contributed by atoms with Crippen LogP contribution in [0.2, 0.25) is 0 Å². The molecule has 17 heavy (non-hydrogen) atoms. The van der Waals surface area contributed by atoms with Gasteiger partial charge in [0.2, 0.25) is 0 Å². The Morgan fingerprint density at radius 2 is 2.06 bits per heavy atom. The van der Waals surface area contributed by atoms with E-state index in [0.717, 1.165) is 10.5 Å². The van der Waals surface area contributed by atoms with Gasteiger partial charge in [0.25, 0.3) is 0 Å². The number of hydrogen-bond donors (Lipinski definition) is 0. The maximum atomic E-state index is 12.5. The predicted molar refractivity (Wildman–Crippen MR) is 68.7 cm³/mol. The van der Waals surface area contributed by atoms with Crippen LogP contribution in [0.3, 0.4) is 0 Å². The van der Waals surface area contributed by atoms with Crippen LogP contribution < -0.4 is 0 Å². The van der Waals surface area contributed by atoms with Gasteiger partial charge in [-0.1, -0.05) is 37.3 Å². The highest BCUT2D eigenvalue weighted by Crippen LogP contribution is 2.64. The van der Waals surface area contributed by atoms with Crippen LogP contribution in [-0.2, 0) is 10.8 Å². The zero-order valence-corrected chi connectivity index (χ0v) is 10.9. The maximum Gasteiger partial charge on any atom is 0.146 e. The molecule has 3 heteroatoms. The number of nitriles is 1. The molecule has 0 bridgehead atoms. The third kappa shape index (κ3) is 1.56. The van der Waals surface area contributed by atoms with Crippen molar-refractivity contribution >= 4 is 10.8 Å². The lowest BCUT2D eigenvalue weighted by Gasteiger charge is -2.16. The minimum atomic E-state index is -1.29. The van der Waals surface area contributed by atoms with Crippen LogP contribution in [0, 0.1) is 16.7 Å². The van der Waals surface area contributed by atoms with E-state index in [4.69, 9.17) is 0 Å². The fraction of sp³-hybridized carbons (Fsp3) is 0.357. The van der Waals surface area contributed by atoms with Gasteiger partial charge in [0.05, 0.1) is 16.9 Å². The zero-order valence-electron chi connectivity index (χ0n) is 10.1. The molecule has 1 aromatic carbocycles. The number of allylic oxidation sites excluding steroid dienone is 1. The molecule has 3 atom stereocenters. The van der Waals surface area contributed by atoms with Crippen LogP contribution in [0.4, 0.5) is 0 Å². The molecule has 0 amide bonds. The first-order chi connectivity index (χ1) is 7.98. The van der Waals surface area contributed by atoms with Gasteiger partial charge in [0.1, 0.15) is 4.75 Å². The number of benzene rings is 1. The lowest BCUT2D eigenvalue weighted by atomic mass is 9.98. The molecule has 1 aliphatic rings. The summed E-state index contributed by atoms with van der Waals surface area (Å²) in [4.78, 5) is 0.721. The van der Waals surface area contributed by atoms with Crippen molar-refractivity contribution in [1.29, 1.82) is 5.26 Å². The first-order valence-corrected chi connectivity index (χ1v) is 6.67. The lowest BCUT2D eigenvalue weighted by Crippen LogP contribution is -2.23. The van der Waals surface area contributed by atoms with E-state index in [1.165, 1.54) is 0 Å². The van der Waals surface area contributed by atoms with Gasteiger partial charge in [-0.3, -0.25) is 4.21 Å². The Labute approximate surface area is 104 Å². The van der Waals surface area contributed by atoms with Gasteiger partial charge in [-0.15, -0.1) is 0 Å². The summed E-state index contributed by atoms with van der Waals surface area (Å²) in [5, 5.41) is 9.39. The molecule has 1 saturated carbocycles. The van der Waals surface area contributed by atoms with Crippen molar-refractivity contribution in [3.8, 4) is 6.07 Å². The topological polar surface area (TPSA) is 40.9 Å². The number of nitrogens with zero attached hydrogens (tertiary/aromatic N) is 1. The molecule has 1 fully saturated rings. The van der Waals surface area contributed by atoms with E-state index in [1.807, 2.05) is 44.2 Å². The Hall–Kier alpha value is -1.40. The minimum Gasteiger partial charge on any atom is -0.253 e. The molecule has 2 nitrogen and oxygen atoms in total. The van der Waals surface area contributed by atoms with Crippen molar-refractivity contribution in [3.05, 3.63) is 42.5 Å². The van der Waals surface area contributed by atoms with Crippen molar-refractivity contribution in [2.45, 2.75) is 29.9 Å². The highest BCUT2D eigenvalue weighted by atomic mass is 32.2. The fourth-order valence-corrected chi connectivity index (χ4v) is 4.06. The number of hydrogen-bond acceptors (Lipinski definition) is 2. The molecule has 0 heterocycles. The van der Waals surface area contributed by atoms with E-state index >= 15 is 0 Å². The quantitative estimate of drug-likeness (QED) is 0.768. The molecule has 2 rings (SSSR count). The normalized spacial score (nSPS) is 32.5. The van der Waals surface area contributed by atoms with E-state index in [-0.39, 0.29) is 5.41 Å². The molecule has 1 aliphatic carbocycles. The second-order valence-electron chi connectivity index (χ2n) is 4.81. The third-order valence-electron chi connectivity index (χ3n) is 3.77. The van der Waals surface area contributed by atoms with Gasteiger partial charge in [0, 0.05) is 10.3 Å². The summed E-state index contributed by atoms with van der Waals surface area (Å²) in [5.74, 6) is 0. The summed E-state index contributed by atoms with van der Waals surface area (Å²) < 4.78 is 11.7. The van der Waals surface area contributed by atoms with Crippen LogP contribution >= 0.6 is 0 Å². The monoisotopic (exact) mass is 245 g/mol. The van der Waals surface area contributed by atoms with Crippen molar-refractivity contribution < 1.29 is 4.21 Å². The van der Waals surface area contributed by atoms with Gasteiger partial charge >= 0.3 is 0 Å². The highest BCUT2D eigenvalue weighted by Gasteiger charge is 2.70. The van der Waals surface area contributed by atoms with Crippen LogP contribution in [0.1, 0.15) is 20.3 Å². The average molecular weight is 245 g/mol. The fourth-order valence-electron chi connectivity index (χ4n) is 2.17. The van der Waals surface area contributed by atoms with E-state index in [9.17, 15) is 9.47 Å². The smallest absolute Gasteiger partial charge is 0.146 e. The molecular formula is C14H15NOS. The molecule has 88 valence electrons. The van der Waals surface area contributed by atoms with E-state index < -0.39 is 15.5 Å². The molecule has 0 N–H and O–H groups in total. The summed E-state index contributed by atoms with van der Waals surface area (Å²) in [6.07, 6.45) is 0.632. The molecule has 0 aliphatic heterocycles. The standard InChI is InChI=1S/C14H15NOS/c1-11(2)13(3)9-14(13,10-15)17(16)12-7-5-4-6-8-12/h4-8H,1,9H2,2-3H3/t13-,14+,17?/m1/s1. The molecule has 0 saturated heterocycles. The van der Waals surface area contributed by atoms with Crippen molar-refractivity contribution in [1.82, 2.24) is 0 Å². The zero-order chi connectivity index (χ0) is 12.7. The van der Waals surface area contributed by atoms with Crippen LogP contribution in [0.15, 0.2) is 47.4 Å². The first kappa shape index (κ1) is 12.1. The van der Waals surface area contributed by atoms with Crippen molar-refractivity contribution in [3.63, 3.8) is 0 Å².